The van der Waals surface area contributed by atoms with Crippen molar-refractivity contribution in [1.82, 2.24) is 14.9 Å². The molecule has 0 aliphatic carbocycles. The Bertz CT molecular complexity index is 1290. The predicted molar refractivity (Wildman–Crippen MR) is 144 cm³/mol. The van der Waals surface area contributed by atoms with Crippen molar-refractivity contribution in [3.63, 3.8) is 0 Å². The Balaban J connectivity index is 1.24. The molecule has 3 heterocycles. The molecule has 9 heteroatoms. The Morgan fingerprint density at radius 3 is 2.55 bits per heavy atom. The summed E-state index contributed by atoms with van der Waals surface area (Å²) in [7, 11) is 0. The van der Waals surface area contributed by atoms with Gasteiger partial charge in [-0.15, -0.1) is 0 Å². The molecule has 2 saturated heterocycles. The van der Waals surface area contributed by atoms with Gasteiger partial charge in [0.2, 0.25) is 5.91 Å². The molecule has 2 aliphatic rings. The summed E-state index contributed by atoms with van der Waals surface area (Å²) in [4.78, 5) is 25.1. The maximum absolute atomic E-state index is 11.8. The first-order valence-electron chi connectivity index (χ1n) is 13.1. The summed E-state index contributed by atoms with van der Waals surface area (Å²) in [5.41, 5.74) is 9.87. The monoisotopic (exact) mass is 512 g/mol. The van der Waals surface area contributed by atoms with Crippen molar-refractivity contribution in [3.05, 3.63) is 71.7 Å². The summed E-state index contributed by atoms with van der Waals surface area (Å²) in [5, 5.41) is 9.79. The van der Waals surface area contributed by atoms with E-state index in [1.54, 1.807) is 11.1 Å². The van der Waals surface area contributed by atoms with E-state index < -0.39 is 0 Å². The molecule has 0 saturated carbocycles. The standard InChI is InChI=1S/C29H32N6O3/c30-19-23-18-22(3-6-27(23)38-25-8-11-35(12-9-25)29(36)20-31)26-7-10-32-28(33-26)17-21-1-4-24(5-2-21)34-13-15-37-16-14-34/h1-7,10,18,25H,8-9,11-17,20,31H2. The predicted octanol–water partition coefficient (Wildman–Crippen LogP) is 2.77. The maximum atomic E-state index is 11.8. The van der Waals surface area contributed by atoms with Gasteiger partial charge in [0.1, 0.15) is 23.7 Å². The Labute approximate surface area is 222 Å². The van der Waals surface area contributed by atoms with Crippen LogP contribution in [-0.4, -0.2) is 72.8 Å². The fraction of sp³-hybridized carbons (Fsp3) is 0.379. The fourth-order valence-corrected chi connectivity index (χ4v) is 4.88. The van der Waals surface area contributed by atoms with Gasteiger partial charge in [-0.3, -0.25) is 4.79 Å². The number of likely N-dealkylation sites (tertiary alicyclic amines) is 1. The molecule has 1 amide bonds. The number of morpholine rings is 1. The number of benzene rings is 2. The van der Waals surface area contributed by atoms with Gasteiger partial charge in [-0.25, -0.2) is 9.97 Å². The Morgan fingerprint density at radius 2 is 1.84 bits per heavy atom. The van der Waals surface area contributed by atoms with Gasteiger partial charge in [-0.1, -0.05) is 12.1 Å². The van der Waals surface area contributed by atoms with Crippen LogP contribution in [0.15, 0.2) is 54.7 Å². The van der Waals surface area contributed by atoms with Crippen molar-refractivity contribution in [2.45, 2.75) is 25.4 Å². The molecule has 0 atom stereocenters. The van der Waals surface area contributed by atoms with Crippen molar-refractivity contribution in [2.24, 2.45) is 5.73 Å². The van der Waals surface area contributed by atoms with Crippen molar-refractivity contribution < 1.29 is 14.3 Å². The zero-order chi connectivity index (χ0) is 26.3. The molecule has 1 aromatic heterocycles. The Morgan fingerprint density at radius 1 is 1.08 bits per heavy atom. The Hall–Kier alpha value is -4.00. The van der Waals surface area contributed by atoms with Gasteiger partial charge in [0, 0.05) is 62.9 Å². The first kappa shape index (κ1) is 25.6. The van der Waals surface area contributed by atoms with Crippen LogP contribution in [-0.2, 0) is 16.0 Å². The maximum Gasteiger partial charge on any atom is 0.236 e. The van der Waals surface area contributed by atoms with Crippen molar-refractivity contribution in [2.75, 3.05) is 50.8 Å². The van der Waals surface area contributed by atoms with Gasteiger partial charge in [-0.05, 0) is 42.0 Å². The third kappa shape index (κ3) is 6.10. The van der Waals surface area contributed by atoms with E-state index in [1.807, 2.05) is 24.3 Å². The first-order chi connectivity index (χ1) is 18.6. The smallest absolute Gasteiger partial charge is 0.236 e. The van der Waals surface area contributed by atoms with Crippen LogP contribution in [0.2, 0.25) is 0 Å². The largest absolute Gasteiger partial charge is 0.489 e. The van der Waals surface area contributed by atoms with Crippen LogP contribution in [0.5, 0.6) is 5.75 Å². The normalized spacial score (nSPS) is 16.2. The van der Waals surface area contributed by atoms with Gasteiger partial charge in [0.25, 0.3) is 0 Å². The van der Waals surface area contributed by atoms with Gasteiger partial charge in [-0.2, -0.15) is 5.26 Å². The summed E-state index contributed by atoms with van der Waals surface area (Å²) < 4.78 is 11.6. The first-order valence-corrected chi connectivity index (χ1v) is 13.1. The average Bonchev–Trinajstić information content (AvgIpc) is 2.98. The molecule has 2 aliphatic heterocycles. The SMILES string of the molecule is N#Cc1cc(-c2ccnc(Cc3ccc(N4CCOCC4)cc3)n2)ccc1OC1CCN(C(=O)CN)CC1. The minimum Gasteiger partial charge on any atom is -0.489 e. The molecule has 0 spiro atoms. The van der Waals surface area contributed by atoms with E-state index in [9.17, 15) is 10.1 Å². The van der Waals surface area contributed by atoms with Gasteiger partial charge < -0.3 is 25.0 Å². The van der Waals surface area contributed by atoms with Gasteiger partial charge in [0.05, 0.1) is 31.0 Å². The van der Waals surface area contributed by atoms with E-state index in [0.717, 1.165) is 48.9 Å². The molecule has 38 heavy (non-hydrogen) atoms. The van der Waals surface area contributed by atoms with Crippen LogP contribution in [0.4, 0.5) is 5.69 Å². The zero-order valence-corrected chi connectivity index (χ0v) is 21.4. The quantitative estimate of drug-likeness (QED) is 0.514. The van der Waals surface area contributed by atoms with E-state index in [2.05, 4.69) is 40.2 Å². The lowest BCUT2D eigenvalue weighted by Crippen LogP contribution is -2.44. The molecule has 5 rings (SSSR count). The van der Waals surface area contributed by atoms with Crippen LogP contribution in [0.3, 0.4) is 0 Å². The zero-order valence-electron chi connectivity index (χ0n) is 21.4. The van der Waals surface area contributed by atoms with Crippen LogP contribution in [0.1, 0.15) is 29.8 Å². The second-order valence-electron chi connectivity index (χ2n) is 9.53. The second-order valence-corrected chi connectivity index (χ2v) is 9.53. The Kier molecular flexibility index (Phi) is 8.12. The minimum absolute atomic E-state index is 0.0253. The number of anilines is 1. The second kappa shape index (κ2) is 12.0. The number of hydrogen-bond donors (Lipinski definition) is 1. The number of ether oxygens (including phenoxy) is 2. The van der Waals surface area contributed by atoms with Crippen LogP contribution >= 0.6 is 0 Å². The van der Waals surface area contributed by atoms with Crippen LogP contribution in [0.25, 0.3) is 11.3 Å². The molecule has 0 bridgehead atoms. The van der Waals surface area contributed by atoms with E-state index in [1.165, 1.54) is 5.69 Å². The molecule has 9 nitrogen and oxygen atoms in total. The fourth-order valence-electron chi connectivity index (χ4n) is 4.88. The highest BCUT2D eigenvalue weighted by Crippen LogP contribution is 2.28. The molecule has 3 aromatic rings. The molecule has 196 valence electrons. The highest BCUT2D eigenvalue weighted by Gasteiger charge is 2.24. The van der Waals surface area contributed by atoms with E-state index in [-0.39, 0.29) is 18.6 Å². The molecular weight excluding hydrogens is 480 g/mol. The number of rotatable bonds is 7. The number of carbonyl (C=O) groups is 1. The highest BCUT2D eigenvalue weighted by molar-refractivity contribution is 5.78. The lowest BCUT2D eigenvalue weighted by atomic mass is 10.1. The summed E-state index contributed by atoms with van der Waals surface area (Å²) in [6.45, 7) is 4.60. The molecule has 2 N–H and O–H groups in total. The minimum atomic E-state index is -0.0462. The molecule has 2 fully saturated rings. The molecular formula is C29H32N6O3. The lowest BCUT2D eigenvalue weighted by Gasteiger charge is -2.32. The van der Waals surface area contributed by atoms with Crippen LogP contribution in [0, 0.1) is 11.3 Å². The summed E-state index contributed by atoms with van der Waals surface area (Å²) in [5.74, 6) is 1.23. The number of nitrogens with zero attached hydrogens (tertiary/aromatic N) is 5. The van der Waals surface area contributed by atoms with E-state index in [0.29, 0.717) is 43.7 Å². The number of carbonyl (C=O) groups excluding carboxylic acids is 1. The number of aromatic nitrogens is 2. The molecule has 0 radical (unpaired) electrons. The third-order valence-corrected chi connectivity index (χ3v) is 7.04. The summed E-state index contributed by atoms with van der Waals surface area (Å²) >= 11 is 0. The number of hydrogen-bond acceptors (Lipinski definition) is 8. The van der Waals surface area contributed by atoms with E-state index >= 15 is 0 Å². The average molecular weight is 513 g/mol. The van der Waals surface area contributed by atoms with Crippen molar-refractivity contribution in [3.8, 4) is 23.1 Å². The highest BCUT2D eigenvalue weighted by atomic mass is 16.5. The number of piperidine rings is 1. The van der Waals surface area contributed by atoms with Crippen molar-refractivity contribution >= 4 is 11.6 Å². The number of nitriles is 1. The van der Waals surface area contributed by atoms with Gasteiger partial charge >= 0.3 is 0 Å². The number of nitrogens with two attached hydrogens (primary N) is 1. The molecule has 0 unspecified atom stereocenters. The number of amides is 1. The topological polar surface area (TPSA) is 118 Å². The molecule has 2 aromatic carbocycles. The van der Waals surface area contributed by atoms with Crippen molar-refractivity contribution in [1.29, 1.82) is 5.26 Å². The third-order valence-electron chi connectivity index (χ3n) is 7.04. The summed E-state index contributed by atoms with van der Waals surface area (Å²) in [6.07, 6.45) is 3.75. The van der Waals surface area contributed by atoms with E-state index in [4.69, 9.17) is 20.2 Å². The van der Waals surface area contributed by atoms with Crippen LogP contribution < -0.4 is 15.4 Å². The summed E-state index contributed by atoms with van der Waals surface area (Å²) in [6, 6.07) is 18.2. The van der Waals surface area contributed by atoms with Gasteiger partial charge in [0.15, 0.2) is 0 Å². The lowest BCUT2D eigenvalue weighted by molar-refractivity contribution is -0.131.